The summed E-state index contributed by atoms with van der Waals surface area (Å²) < 4.78 is 92.5. The highest BCUT2D eigenvalue weighted by Crippen LogP contribution is 2.39. The summed E-state index contributed by atoms with van der Waals surface area (Å²) in [6.07, 6.45) is -0.535. The van der Waals surface area contributed by atoms with E-state index in [1.807, 2.05) is 0 Å². The van der Waals surface area contributed by atoms with Crippen molar-refractivity contribution in [1.82, 2.24) is 13.9 Å². The first-order chi connectivity index (χ1) is 16.5. The van der Waals surface area contributed by atoms with Crippen molar-refractivity contribution >= 4 is 16.1 Å². The van der Waals surface area contributed by atoms with Crippen LogP contribution in [0.3, 0.4) is 0 Å². The second kappa shape index (κ2) is 8.54. The van der Waals surface area contributed by atoms with Crippen molar-refractivity contribution in [3.05, 3.63) is 59.4 Å². The molecule has 1 N–H and O–H groups in total. The van der Waals surface area contributed by atoms with Crippen LogP contribution >= 0.6 is 0 Å². The van der Waals surface area contributed by atoms with Crippen molar-refractivity contribution in [1.29, 1.82) is 0 Å². The van der Waals surface area contributed by atoms with E-state index in [4.69, 9.17) is 4.74 Å². The highest BCUT2D eigenvalue weighted by atomic mass is 32.2. The van der Waals surface area contributed by atoms with E-state index in [0.29, 0.717) is 19.1 Å². The van der Waals surface area contributed by atoms with Crippen LogP contribution in [-0.4, -0.2) is 74.1 Å². The Kier molecular flexibility index (Phi) is 5.90. The quantitative estimate of drug-likeness (QED) is 0.636. The van der Waals surface area contributed by atoms with Gasteiger partial charge in [0.05, 0.1) is 31.8 Å². The number of nitrogens with one attached hydrogen (secondary N) is 1. The van der Waals surface area contributed by atoms with E-state index in [1.54, 1.807) is 0 Å². The molecule has 7 nitrogen and oxygen atoms in total. The Balaban J connectivity index is 1.53. The molecule has 3 aliphatic rings. The molecule has 0 aliphatic carbocycles. The zero-order chi connectivity index (χ0) is 25.1. The van der Waals surface area contributed by atoms with E-state index in [0.717, 1.165) is 16.4 Å². The Morgan fingerprint density at radius 1 is 1.17 bits per heavy atom. The summed E-state index contributed by atoms with van der Waals surface area (Å²) in [7, 11) is -2.78. The van der Waals surface area contributed by atoms with Crippen molar-refractivity contribution in [3.8, 4) is 11.1 Å². The zero-order valence-electron chi connectivity index (χ0n) is 18.7. The van der Waals surface area contributed by atoms with E-state index in [2.05, 4.69) is 4.72 Å². The Bertz CT molecular complexity index is 1270. The number of carbonyl (C=O) groups excluding carboxylic acids is 1. The van der Waals surface area contributed by atoms with Crippen LogP contribution in [0.5, 0.6) is 0 Å². The Morgan fingerprint density at radius 2 is 1.86 bits per heavy atom. The number of rotatable bonds is 4. The fourth-order valence-electron chi connectivity index (χ4n) is 5.04. The van der Waals surface area contributed by atoms with Crippen LogP contribution in [0.15, 0.2) is 36.4 Å². The summed E-state index contributed by atoms with van der Waals surface area (Å²) in [4.78, 5) is 14.3. The van der Waals surface area contributed by atoms with Crippen LogP contribution in [0.25, 0.3) is 11.1 Å². The normalized spacial score (nSPS) is 30.1. The van der Waals surface area contributed by atoms with Gasteiger partial charge in [0.1, 0.15) is 23.6 Å². The molecule has 2 aromatic rings. The first kappa shape index (κ1) is 24.2. The van der Waals surface area contributed by atoms with Gasteiger partial charge in [0.2, 0.25) is 0 Å². The number of amides is 1. The predicted molar refractivity (Wildman–Crippen MR) is 118 cm³/mol. The van der Waals surface area contributed by atoms with E-state index in [-0.39, 0.29) is 29.7 Å². The molecule has 12 heteroatoms. The van der Waals surface area contributed by atoms with Gasteiger partial charge in [-0.2, -0.15) is 17.4 Å². The molecule has 0 bridgehead atoms. The van der Waals surface area contributed by atoms with Crippen molar-refractivity contribution in [3.63, 3.8) is 0 Å². The lowest BCUT2D eigenvalue weighted by atomic mass is 9.91. The number of carbonyl (C=O) groups is 1. The lowest BCUT2D eigenvalue weighted by Gasteiger charge is -2.38. The minimum absolute atomic E-state index is 0.0242. The number of fused-ring (bicyclic) bond motifs is 1. The highest BCUT2D eigenvalue weighted by molar-refractivity contribution is 7.87. The topological polar surface area (TPSA) is 79.0 Å². The lowest BCUT2D eigenvalue weighted by molar-refractivity contribution is -0.157. The van der Waals surface area contributed by atoms with E-state index in [9.17, 15) is 22.0 Å². The van der Waals surface area contributed by atoms with Crippen molar-refractivity contribution < 1.29 is 35.5 Å². The van der Waals surface area contributed by atoms with Gasteiger partial charge in [-0.3, -0.25) is 4.79 Å². The number of hydrogen-bond donors (Lipinski definition) is 1. The number of likely N-dealkylation sites (tertiary alicyclic amines) is 1. The molecule has 3 saturated heterocycles. The standard InChI is InChI=1S/C23H23F4N3O4S/c1-29-11-23(27)12-30(22(31)19-5-6-34-19)18(21(23)28-35(29,32)33)9-13-3-2-4-17(20(13)26)14-7-15(24)10-16(25)8-14/h2-4,7-8,10,18-19,21,28H,5-6,9,11-12H2,1H3/t18-,19-,21+,23?/m0/s1. The number of hydrogen-bond acceptors (Lipinski definition) is 4. The summed E-state index contributed by atoms with van der Waals surface area (Å²) in [5, 5.41) is 0. The molecule has 3 fully saturated rings. The van der Waals surface area contributed by atoms with Crippen LogP contribution in [0.1, 0.15) is 12.0 Å². The third-order valence-corrected chi connectivity index (χ3v) is 8.39. The Hall–Kier alpha value is -2.54. The van der Waals surface area contributed by atoms with Gasteiger partial charge in [0.25, 0.3) is 16.1 Å². The molecule has 3 heterocycles. The SMILES string of the molecule is CN1CC2(F)CN(C(=O)[C@@H]3CCO3)[C@@H](Cc3cccc(-c4cc(F)cc(F)c4)c3F)[C@H]2NS1(=O)=O. The zero-order valence-corrected chi connectivity index (χ0v) is 19.5. The van der Waals surface area contributed by atoms with Crippen LogP contribution in [0.2, 0.25) is 0 Å². The van der Waals surface area contributed by atoms with Crippen molar-refractivity contribution in [2.75, 3.05) is 26.7 Å². The Labute approximate surface area is 199 Å². The highest BCUT2D eigenvalue weighted by Gasteiger charge is 2.60. The molecule has 0 saturated carbocycles. The van der Waals surface area contributed by atoms with Crippen LogP contribution in [-0.2, 0) is 26.2 Å². The molecule has 2 aromatic carbocycles. The number of ether oxygens (including phenoxy) is 1. The van der Waals surface area contributed by atoms with E-state index < -0.39 is 64.0 Å². The maximum absolute atomic E-state index is 16.1. The molecule has 5 rings (SSSR count). The third-order valence-electron chi connectivity index (χ3n) is 6.89. The van der Waals surface area contributed by atoms with Crippen molar-refractivity contribution in [2.24, 2.45) is 0 Å². The Morgan fingerprint density at radius 3 is 2.49 bits per heavy atom. The summed E-state index contributed by atoms with van der Waals surface area (Å²) in [5.41, 5.74) is -2.16. The summed E-state index contributed by atoms with van der Waals surface area (Å²) in [5.74, 6) is -3.03. The minimum Gasteiger partial charge on any atom is -0.368 e. The minimum atomic E-state index is -4.01. The van der Waals surface area contributed by atoms with E-state index in [1.165, 1.54) is 30.1 Å². The molecule has 1 unspecified atom stereocenters. The first-order valence-electron chi connectivity index (χ1n) is 11.1. The predicted octanol–water partition coefficient (Wildman–Crippen LogP) is 2.17. The fraction of sp³-hybridized carbons (Fsp3) is 0.435. The molecule has 188 valence electrons. The average Bonchev–Trinajstić information content (AvgIpc) is 2.99. The molecule has 0 aromatic heterocycles. The van der Waals surface area contributed by atoms with E-state index >= 15 is 8.78 Å². The second-order valence-corrected chi connectivity index (χ2v) is 11.0. The molecular weight excluding hydrogens is 490 g/mol. The van der Waals surface area contributed by atoms with Gasteiger partial charge < -0.3 is 9.64 Å². The van der Waals surface area contributed by atoms with Crippen LogP contribution in [0.4, 0.5) is 17.6 Å². The second-order valence-electron chi connectivity index (χ2n) is 9.21. The number of nitrogens with zero attached hydrogens (tertiary/aromatic N) is 2. The van der Waals surface area contributed by atoms with Gasteiger partial charge in [-0.15, -0.1) is 0 Å². The summed E-state index contributed by atoms with van der Waals surface area (Å²) >= 11 is 0. The molecule has 0 spiro atoms. The number of alkyl halides is 1. The van der Waals surface area contributed by atoms with Gasteiger partial charge in [-0.25, -0.2) is 17.6 Å². The largest absolute Gasteiger partial charge is 0.368 e. The number of halogens is 4. The third kappa shape index (κ3) is 4.22. The van der Waals surface area contributed by atoms with Gasteiger partial charge in [-0.1, -0.05) is 18.2 Å². The van der Waals surface area contributed by atoms with Gasteiger partial charge in [0, 0.05) is 25.1 Å². The van der Waals surface area contributed by atoms with Crippen LogP contribution < -0.4 is 4.72 Å². The smallest absolute Gasteiger partial charge is 0.279 e. The van der Waals surface area contributed by atoms with Gasteiger partial charge >= 0.3 is 0 Å². The van der Waals surface area contributed by atoms with Crippen LogP contribution in [0, 0.1) is 17.5 Å². The average molecular weight is 514 g/mol. The molecule has 4 atom stereocenters. The molecule has 35 heavy (non-hydrogen) atoms. The molecule has 0 radical (unpaired) electrons. The molecule has 3 aliphatic heterocycles. The molecular formula is C23H23F4N3O4S. The summed E-state index contributed by atoms with van der Waals surface area (Å²) in [6, 6.07) is 4.53. The maximum Gasteiger partial charge on any atom is 0.279 e. The maximum atomic E-state index is 16.1. The van der Waals surface area contributed by atoms with Gasteiger partial charge in [-0.05, 0) is 29.7 Å². The van der Waals surface area contributed by atoms with Gasteiger partial charge in [0.15, 0.2) is 5.67 Å². The van der Waals surface area contributed by atoms with Crippen molar-refractivity contribution in [2.45, 2.75) is 36.7 Å². The molecule has 1 amide bonds. The lowest BCUT2D eigenvalue weighted by Crippen LogP contribution is -2.65. The monoisotopic (exact) mass is 513 g/mol. The number of benzene rings is 2. The summed E-state index contributed by atoms with van der Waals surface area (Å²) in [6.45, 7) is -0.469. The first-order valence-corrected chi connectivity index (χ1v) is 12.5. The fourth-order valence-corrected chi connectivity index (χ4v) is 6.30.